The molecule has 0 amide bonds. The molecule has 0 saturated carbocycles. The number of hydrogen-bond donors (Lipinski definition) is 2. The highest BCUT2D eigenvalue weighted by Crippen LogP contribution is 2.21. The van der Waals surface area contributed by atoms with Gasteiger partial charge in [-0.2, -0.15) is 5.48 Å². The van der Waals surface area contributed by atoms with Crippen molar-refractivity contribution in [3.8, 4) is 5.75 Å². The van der Waals surface area contributed by atoms with Gasteiger partial charge < -0.3 is 14.7 Å². The van der Waals surface area contributed by atoms with Crippen molar-refractivity contribution in [2.75, 3.05) is 14.2 Å². The smallest absolute Gasteiger partial charge is 0.152 e. The van der Waals surface area contributed by atoms with Crippen LogP contribution in [0, 0.1) is 6.92 Å². The van der Waals surface area contributed by atoms with Crippen molar-refractivity contribution in [3.63, 3.8) is 0 Å². The van der Waals surface area contributed by atoms with Crippen molar-refractivity contribution in [1.29, 1.82) is 0 Å². The van der Waals surface area contributed by atoms with E-state index in [0.717, 1.165) is 16.9 Å². The van der Waals surface area contributed by atoms with Crippen LogP contribution in [-0.2, 0) is 4.84 Å². The van der Waals surface area contributed by atoms with Crippen LogP contribution < -0.4 is 10.2 Å². The molecule has 1 unspecified atom stereocenters. The summed E-state index contributed by atoms with van der Waals surface area (Å²) in [6.07, 6.45) is -0.815. The number of hydrogen-bond acceptors (Lipinski definition) is 4. The van der Waals surface area contributed by atoms with Gasteiger partial charge in [-0.05, 0) is 30.2 Å². The molecule has 14 heavy (non-hydrogen) atoms. The van der Waals surface area contributed by atoms with Crippen molar-refractivity contribution in [1.82, 2.24) is 5.48 Å². The number of rotatable bonds is 4. The number of aliphatic hydroxyl groups excluding tert-OH is 1. The lowest BCUT2D eigenvalue weighted by atomic mass is 10.1. The highest BCUT2D eigenvalue weighted by Gasteiger charge is 2.07. The third-order valence-corrected chi connectivity index (χ3v) is 1.96. The van der Waals surface area contributed by atoms with E-state index in [1.807, 2.05) is 19.1 Å². The van der Waals surface area contributed by atoms with Crippen LogP contribution in [0.4, 0.5) is 0 Å². The Morgan fingerprint density at radius 1 is 1.36 bits per heavy atom. The fourth-order valence-corrected chi connectivity index (χ4v) is 1.25. The molecule has 0 aliphatic heterocycles. The molecule has 0 aliphatic carbocycles. The first-order valence-electron chi connectivity index (χ1n) is 4.30. The van der Waals surface area contributed by atoms with E-state index in [-0.39, 0.29) is 0 Å². The Kier molecular flexibility index (Phi) is 3.88. The van der Waals surface area contributed by atoms with Crippen LogP contribution in [0.15, 0.2) is 18.2 Å². The second-order valence-electron chi connectivity index (χ2n) is 2.95. The van der Waals surface area contributed by atoms with E-state index in [1.165, 1.54) is 7.11 Å². The molecule has 0 aromatic heterocycles. The SMILES string of the molecule is CONC(O)c1ccc(OC)c(C)c1. The zero-order chi connectivity index (χ0) is 10.6. The Balaban J connectivity index is 2.85. The predicted molar refractivity (Wildman–Crippen MR) is 52.8 cm³/mol. The first-order chi connectivity index (χ1) is 6.69. The van der Waals surface area contributed by atoms with Gasteiger partial charge in [0.25, 0.3) is 0 Å². The average Bonchev–Trinajstić information content (AvgIpc) is 2.18. The van der Waals surface area contributed by atoms with Crippen LogP contribution in [0.25, 0.3) is 0 Å². The molecule has 0 fully saturated rings. The maximum atomic E-state index is 9.53. The van der Waals surface area contributed by atoms with Crippen LogP contribution in [0.3, 0.4) is 0 Å². The van der Waals surface area contributed by atoms with Crippen LogP contribution in [0.5, 0.6) is 5.75 Å². The lowest BCUT2D eigenvalue weighted by Crippen LogP contribution is -2.19. The highest BCUT2D eigenvalue weighted by atomic mass is 16.7. The van der Waals surface area contributed by atoms with Gasteiger partial charge >= 0.3 is 0 Å². The van der Waals surface area contributed by atoms with Gasteiger partial charge in [0.05, 0.1) is 14.2 Å². The number of ether oxygens (including phenoxy) is 1. The van der Waals surface area contributed by atoms with Crippen molar-refractivity contribution in [2.45, 2.75) is 13.2 Å². The molecule has 4 nitrogen and oxygen atoms in total. The van der Waals surface area contributed by atoms with Crippen molar-refractivity contribution in [3.05, 3.63) is 29.3 Å². The minimum absolute atomic E-state index is 0.741. The average molecular weight is 197 g/mol. The molecule has 1 rings (SSSR count). The molecule has 0 aliphatic rings. The summed E-state index contributed by atoms with van der Waals surface area (Å²) in [5.41, 5.74) is 4.16. The van der Waals surface area contributed by atoms with Crippen LogP contribution >= 0.6 is 0 Å². The van der Waals surface area contributed by atoms with Gasteiger partial charge in [0.1, 0.15) is 5.75 Å². The van der Waals surface area contributed by atoms with Crippen molar-refractivity contribution >= 4 is 0 Å². The van der Waals surface area contributed by atoms with E-state index in [4.69, 9.17) is 4.74 Å². The first kappa shape index (κ1) is 11.0. The zero-order valence-electron chi connectivity index (χ0n) is 8.57. The Hall–Kier alpha value is -1.10. The molecular weight excluding hydrogens is 182 g/mol. The van der Waals surface area contributed by atoms with Gasteiger partial charge in [0, 0.05) is 0 Å². The summed E-state index contributed by atoms with van der Waals surface area (Å²) < 4.78 is 5.11. The Morgan fingerprint density at radius 3 is 2.57 bits per heavy atom. The van der Waals surface area contributed by atoms with Crippen molar-refractivity contribution < 1.29 is 14.7 Å². The minimum Gasteiger partial charge on any atom is -0.496 e. The van der Waals surface area contributed by atoms with Crippen LogP contribution in [0.1, 0.15) is 17.4 Å². The van der Waals surface area contributed by atoms with Gasteiger partial charge in [-0.25, -0.2) is 0 Å². The van der Waals surface area contributed by atoms with E-state index in [0.29, 0.717) is 0 Å². The predicted octanol–water partition coefficient (Wildman–Crippen LogP) is 1.15. The summed E-state index contributed by atoms with van der Waals surface area (Å²) in [5.74, 6) is 0.804. The minimum atomic E-state index is -0.815. The fourth-order valence-electron chi connectivity index (χ4n) is 1.25. The number of hydroxylamine groups is 1. The molecule has 4 heteroatoms. The maximum Gasteiger partial charge on any atom is 0.152 e. The normalized spacial score (nSPS) is 12.6. The third-order valence-electron chi connectivity index (χ3n) is 1.96. The van der Waals surface area contributed by atoms with E-state index < -0.39 is 6.23 Å². The summed E-state index contributed by atoms with van der Waals surface area (Å²) in [7, 11) is 3.07. The molecule has 1 aromatic rings. The Bertz CT molecular complexity index is 301. The number of aryl methyl sites for hydroxylation is 1. The lowest BCUT2D eigenvalue weighted by molar-refractivity contribution is -0.0320. The summed E-state index contributed by atoms with van der Waals surface area (Å²) >= 11 is 0. The van der Waals surface area contributed by atoms with Gasteiger partial charge in [-0.1, -0.05) is 6.07 Å². The topological polar surface area (TPSA) is 50.7 Å². The molecule has 0 saturated heterocycles. The van der Waals surface area contributed by atoms with E-state index >= 15 is 0 Å². The number of benzene rings is 1. The van der Waals surface area contributed by atoms with E-state index in [2.05, 4.69) is 10.3 Å². The van der Waals surface area contributed by atoms with E-state index in [1.54, 1.807) is 13.2 Å². The number of methoxy groups -OCH3 is 1. The molecule has 1 aromatic carbocycles. The Morgan fingerprint density at radius 2 is 2.07 bits per heavy atom. The monoisotopic (exact) mass is 197 g/mol. The molecule has 2 N–H and O–H groups in total. The van der Waals surface area contributed by atoms with Gasteiger partial charge in [0.2, 0.25) is 0 Å². The molecule has 0 spiro atoms. The number of nitrogens with one attached hydrogen (secondary N) is 1. The second kappa shape index (κ2) is 4.95. The lowest BCUT2D eigenvalue weighted by Gasteiger charge is -2.13. The Labute approximate surface area is 83.4 Å². The molecule has 0 bridgehead atoms. The summed E-state index contributed by atoms with van der Waals surface area (Å²) in [6, 6.07) is 5.43. The zero-order valence-corrected chi connectivity index (χ0v) is 8.57. The molecule has 78 valence electrons. The van der Waals surface area contributed by atoms with Crippen molar-refractivity contribution in [2.24, 2.45) is 0 Å². The number of aliphatic hydroxyl groups is 1. The second-order valence-corrected chi connectivity index (χ2v) is 2.95. The largest absolute Gasteiger partial charge is 0.496 e. The summed E-state index contributed by atoms with van der Waals surface area (Å²) in [6.45, 7) is 1.92. The third kappa shape index (κ3) is 2.45. The molecule has 1 atom stereocenters. The molecule has 0 heterocycles. The molecular formula is C10H15NO3. The standard InChI is InChI=1S/C10H15NO3/c1-7-6-8(10(12)11-14-3)4-5-9(7)13-2/h4-6,10-12H,1-3H3. The maximum absolute atomic E-state index is 9.53. The highest BCUT2D eigenvalue weighted by molar-refractivity contribution is 5.36. The van der Waals surface area contributed by atoms with Gasteiger partial charge in [0.15, 0.2) is 6.23 Å². The van der Waals surface area contributed by atoms with E-state index in [9.17, 15) is 5.11 Å². The summed E-state index contributed by atoms with van der Waals surface area (Å²) in [4.78, 5) is 4.62. The van der Waals surface area contributed by atoms with Crippen LogP contribution in [-0.4, -0.2) is 19.3 Å². The fraction of sp³-hybridized carbons (Fsp3) is 0.400. The quantitative estimate of drug-likeness (QED) is 0.561. The first-order valence-corrected chi connectivity index (χ1v) is 4.30. The molecule has 0 radical (unpaired) electrons. The summed E-state index contributed by atoms with van der Waals surface area (Å²) in [5, 5.41) is 9.53. The van der Waals surface area contributed by atoms with Crippen LogP contribution in [0.2, 0.25) is 0 Å². The van der Waals surface area contributed by atoms with Gasteiger partial charge in [-0.15, -0.1) is 0 Å². The van der Waals surface area contributed by atoms with Gasteiger partial charge in [-0.3, -0.25) is 0 Å².